The van der Waals surface area contributed by atoms with Crippen LogP contribution in [-0.4, -0.2) is 12.5 Å². The molecular formula is C36H33NO3. The summed E-state index contributed by atoms with van der Waals surface area (Å²) in [4.78, 5) is 21.7. The third kappa shape index (κ3) is 6.02. The zero-order valence-electron chi connectivity index (χ0n) is 23.2. The number of benzene rings is 5. The summed E-state index contributed by atoms with van der Waals surface area (Å²) in [5.74, 6) is -0.0188. The van der Waals surface area contributed by atoms with Crippen molar-refractivity contribution in [3.63, 3.8) is 0 Å². The molecule has 5 aromatic carbocycles. The molecule has 0 unspecified atom stereocenters. The fourth-order valence-corrected chi connectivity index (χ4v) is 5.31. The Morgan fingerprint density at radius 3 is 2.27 bits per heavy atom. The summed E-state index contributed by atoms with van der Waals surface area (Å²) in [6.45, 7) is 6.11. The van der Waals surface area contributed by atoms with E-state index in [1.807, 2.05) is 18.2 Å². The molecule has 200 valence electrons. The van der Waals surface area contributed by atoms with E-state index in [2.05, 4.69) is 111 Å². The van der Waals surface area contributed by atoms with Gasteiger partial charge in [-0.1, -0.05) is 112 Å². The van der Waals surface area contributed by atoms with Gasteiger partial charge < -0.3 is 4.74 Å². The molecule has 0 fully saturated rings. The number of rotatable bonds is 9. The van der Waals surface area contributed by atoms with Crippen LogP contribution in [0.3, 0.4) is 0 Å². The van der Waals surface area contributed by atoms with Crippen LogP contribution >= 0.6 is 0 Å². The number of carbonyl (C=O) groups excluding carboxylic acids is 1. The number of fused-ring (bicyclic) bond motifs is 1. The monoisotopic (exact) mass is 527 g/mol. The van der Waals surface area contributed by atoms with Crippen LogP contribution in [0, 0.1) is 4.91 Å². The number of aryl methyl sites for hydroxylation is 1. The lowest BCUT2D eigenvalue weighted by molar-refractivity contribution is -0.119. The lowest BCUT2D eigenvalue weighted by Crippen LogP contribution is -2.08. The van der Waals surface area contributed by atoms with E-state index in [0.29, 0.717) is 5.75 Å². The third-order valence-corrected chi connectivity index (χ3v) is 7.37. The Morgan fingerprint density at radius 2 is 1.50 bits per heavy atom. The normalized spacial score (nSPS) is 11.1. The fourth-order valence-electron chi connectivity index (χ4n) is 5.31. The van der Waals surface area contributed by atoms with Crippen LogP contribution in [0.25, 0.3) is 33.0 Å². The van der Waals surface area contributed by atoms with Gasteiger partial charge in [-0.05, 0) is 86.2 Å². The van der Waals surface area contributed by atoms with Gasteiger partial charge in [-0.25, -0.2) is 0 Å². The Labute approximate surface area is 235 Å². The smallest absolute Gasteiger partial charge is 0.323 e. The topological polar surface area (TPSA) is 55.7 Å². The van der Waals surface area contributed by atoms with E-state index in [9.17, 15) is 9.70 Å². The molecule has 0 saturated carbocycles. The average molecular weight is 528 g/mol. The van der Waals surface area contributed by atoms with E-state index in [-0.39, 0.29) is 12.5 Å². The maximum Gasteiger partial charge on any atom is 0.323 e. The van der Waals surface area contributed by atoms with E-state index in [1.54, 1.807) is 0 Å². The van der Waals surface area contributed by atoms with Gasteiger partial charge in [0.1, 0.15) is 5.75 Å². The van der Waals surface area contributed by atoms with Crippen molar-refractivity contribution in [3.8, 4) is 28.0 Å². The van der Waals surface area contributed by atoms with E-state index in [1.165, 1.54) is 38.6 Å². The van der Waals surface area contributed by atoms with Gasteiger partial charge in [0.05, 0.1) is 0 Å². The Hall–Kier alpha value is -4.57. The first-order chi connectivity index (χ1) is 19.4. The molecule has 0 heterocycles. The summed E-state index contributed by atoms with van der Waals surface area (Å²) in [5.41, 5.74) is 9.76. The molecule has 40 heavy (non-hydrogen) atoms. The van der Waals surface area contributed by atoms with E-state index in [4.69, 9.17) is 4.74 Å². The summed E-state index contributed by atoms with van der Waals surface area (Å²) in [5, 5.41) is 4.94. The molecule has 0 atom stereocenters. The number of amides is 1. The van der Waals surface area contributed by atoms with Gasteiger partial charge in [0.15, 0.2) is 6.61 Å². The van der Waals surface area contributed by atoms with Crippen molar-refractivity contribution >= 4 is 16.7 Å². The highest BCUT2D eigenvalue weighted by atomic mass is 16.5. The number of carbonyl (C=O) groups is 1. The quantitative estimate of drug-likeness (QED) is 0.180. The number of ether oxygens (including phenoxy) is 1. The van der Waals surface area contributed by atoms with Crippen molar-refractivity contribution in [1.82, 2.24) is 0 Å². The molecule has 5 aromatic rings. The molecule has 4 nitrogen and oxygen atoms in total. The zero-order chi connectivity index (χ0) is 28.1. The molecule has 0 aromatic heterocycles. The minimum absolute atomic E-state index is 0.245. The summed E-state index contributed by atoms with van der Waals surface area (Å²) in [6, 6.07) is 36.6. The molecule has 0 bridgehead atoms. The van der Waals surface area contributed by atoms with Gasteiger partial charge in [-0.3, -0.25) is 4.79 Å². The SMILES string of the molecule is CCc1cc(-c2ccc(OCC(=O)N=O)cc2C(C)C)ccc1-c1cccc(Cc2ccc3ccccc3c2)c1. The zero-order valence-corrected chi connectivity index (χ0v) is 23.2. The van der Waals surface area contributed by atoms with Crippen molar-refractivity contribution in [2.45, 2.75) is 39.5 Å². The number of nitrogens with zero attached hydrogens (tertiary/aromatic N) is 1. The maximum atomic E-state index is 11.3. The standard InChI is InChI=1S/C36H33NO3/c1-4-27-21-31(34-17-15-32(22-35(34)24(2)3)40-23-36(38)37-39)14-16-33(27)30-11-7-8-25(20-30)18-26-12-13-28-9-5-6-10-29(28)19-26/h5-17,19-22,24H,4,18,23H2,1-3H3. The highest BCUT2D eigenvalue weighted by Gasteiger charge is 2.14. The highest BCUT2D eigenvalue weighted by Crippen LogP contribution is 2.36. The molecule has 4 heteroatoms. The van der Waals surface area contributed by atoms with Crippen molar-refractivity contribution in [3.05, 3.63) is 130 Å². The van der Waals surface area contributed by atoms with Gasteiger partial charge in [-0.2, -0.15) is 0 Å². The maximum absolute atomic E-state index is 11.3. The number of nitroso groups, excluding NO2 is 1. The minimum Gasteiger partial charge on any atom is -0.484 e. The second-order valence-electron chi connectivity index (χ2n) is 10.5. The fraction of sp³-hybridized carbons (Fsp3) is 0.194. The van der Waals surface area contributed by atoms with Crippen molar-refractivity contribution < 1.29 is 9.53 Å². The highest BCUT2D eigenvalue weighted by molar-refractivity contribution is 5.83. The summed E-state index contributed by atoms with van der Waals surface area (Å²) < 4.78 is 5.49. The Balaban J connectivity index is 1.43. The third-order valence-electron chi connectivity index (χ3n) is 7.37. The van der Waals surface area contributed by atoms with Gasteiger partial charge in [0.25, 0.3) is 0 Å². The lowest BCUT2D eigenvalue weighted by Gasteiger charge is -2.17. The van der Waals surface area contributed by atoms with Crippen LogP contribution < -0.4 is 4.74 Å². The number of hydrogen-bond donors (Lipinski definition) is 0. The van der Waals surface area contributed by atoms with Crippen LogP contribution in [0.1, 0.15) is 48.9 Å². The summed E-state index contributed by atoms with van der Waals surface area (Å²) >= 11 is 0. The molecule has 0 aliphatic carbocycles. The van der Waals surface area contributed by atoms with Crippen LogP contribution in [0.5, 0.6) is 5.75 Å². The molecule has 0 aliphatic heterocycles. The molecule has 0 aliphatic rings. The summed E-state index contributed by atoms with van der Waals surface area (Å²) in [6.07, 6.45) is 1.80. The first kappa shape index (κ1) is 27.0. The van der Waals surface area contributed by atoms with Crippen molar-refractivity contribution in [2.75, 3.05) is 6.61 Å². The molecule has 1 amide bonds. The Kier molecular flexibility index (Phi) is 8.16. The van der Waals surface area contributed by atoms with Crippen molar-refractivity contribution in [2.24, 2.45) is 5.18 Å². The molecule has 0 saturated heterocycles. The van der Waals surface area contributed by atoms with E-state index in [0.717, 1.165) is 29.5 Å². The second-order valence-corrected chi connectivity index (χ2v) is 10.5. The van der Waals surface area contributed by atoms with E-state index >= 15 is 0 Å². The predicted octanol–water partition coefficient (Wildman–Crippen LogP) is 9.12. The van der Waals surface area contributed by atoms with E-state index < -0.39 is 5.91 Å². The molecule has 0 N–H and O–H groups in total. The first-order valence-electron chi connectivity index (χ1n) is 13.8. The Bertz CT molecular complexity index is 1690. The lowest BCUT2D eigenvalue weighted by atomic mass is 9.88. The summed E-state index contributed by atoms with van der Waals surface area (Å²) in [7, 11) is 0. The van der Waals surface area contributed by atoms with Crippen LogP contribution in [-0.2, 0) is 17.6 Å². The molecule has 5 rings (SSSR count). The largest absolute Gasteiger partial charge is 0.484 e. The Morgan fingerprint density at radius 1 is 0.750 bits per heavy atom. The van der Waals surface area contributed by atoms with Gasteiger partial charge >= 0.3 is 5.91 Å². The van der Waals surface area contributed by atoms with Crippen LogP contribution in [0.15, 0.2) is 108 Å². The molecule has 0 radical (unpaired) electrons. The number of hydrogen-bond acceptors (Lipinski definition) is 3. The minimum atomic E-state index is -0.820. The van der Waals surface area contributed by atoms with Gasteiger partial charge in [0.2, 0.25) is 0 Å². The molecular weight excluding hydrogens is 494 g/mol. The van der Waals surface area contributed by atoms with Gasteiger partial charge in [0, 0.05) is 5.18 Å². The first-order valence-corrected chi connectivity index (χ1v) is 13.8. The second kappa shape index (κ2) is 12.1. The van der Waals surface area contributed by atoms with Crippen LogP contribution in [0.2, 0.25) is 0 Å². The van der Waals surface area contributed by atoms with Gasteiger partial charge in [-0.15, -0.1) is 4.91 Å². The average Bonchev–Trinajstić information content (AvgIpc) is 2.99. The molecule has 0 spiro atoms. The van der Waals surface area contributed by atoms with Crippen molar-refractivity contribution in [1.29, 1.82) is 0 Å². The van der Waals surface area contributed by atoms with Crippen LogP contribution in [0.4, 0.5) is 0 Å². The predicted molar refractivity (Wildman–Crippen MR) is 164 cm³/mol.